The molecule has 0 fully saturated rings. The lowest BCUT2D eigenvalue weighted by Crippen LogP contribution is -2.29. The van der Waals surface area contributed by atoms with Crippen LogP contribution in [0.5, 0.6) is 0 Å². The molecule has 2 rings (SSSR count). The average Bonchev–Trinajstić information content (AvgIpc) is 2.70. The molecule has 0 atom stereocenters. The molecule has 0 saturated carbocycles. The second-order valence-corrected chi connectivity index (χ2v) is 3.98. The van der Waals surface area contributed by atoms with Gasteiger partial charge in [-0.05, 0) is 19.1 Å². The van der Waals surface area contributed by atoms with Gasteiger partial charge in [-0.25, -0.2) is 4.79 Å². The van der Waals surface area contributed by atoms with Crippen LogP contribution < -0.4 is 5.32 Å². The summed E-state index contributed by atoms with van der Waals surface area (Å²) in [5.41, 5.74) is 1.29. The first kappa shape index (κ1) is 12.6. The molecule has 0 aliphatic carbocycles. The first-order valence-corrected chi connectivity index (χ1v) is 5.52. The summed E-state index contributed by atoms with van der Waals surface area (Å²) in [6, 6.07) is 5.73. The highest BCUT2D eigenvalue weighted by Gasteiger charge is 2.14. The summed E-state index contributed by atoms with van der Waals surface area (Å²) in [6.45, 7) is 1.88. The summed E-state index contributed by atoms with van der Waals surface area (Å²) in [7, 11) is 0. The smallest absolute Gasteiger partial charge is 0.326 e. The fraction of sp³-hybridized carbons (Fsp3) is 0.154. The van der Waals surface area contributed by atoms with Crippen LogP contribution in [-0.2, 0) is 0 Å². The van der Waals surface area contributed by atoms with Gasteiger partial charge in [0.2, 0.25) is 0 Å². The molecular formula is C13H11N3O3. The zero-order chi connectivity index (χ0) is 14.0. The van der Waals surface area contributed by atoms with Crippen LogP contribution in [0.1, 0.15) is 5.69 Å². The predicted octanol–water partition coefficient (Wildman–Crippen LogP) is 2.05. The summed E-state index contributed by atoms with van der Waals surface area (Å²) in [4.78, 5) is 22.2. The first-order valence-electron chi connectivity index (χ1n) is 5.52. The van der Waals surface area contributed by atoms with Gasteiger partial charge in [-0.15, -0.1) is 6.42 Å². The quantitative estimate of drug-likeness (QED) is 0.508. The van der Waals surface area contributed by atoms with Gasteiger partial charge in [0.1, 0.15) is 0 Å². The lowest BCUT2D eigenvalue weighted by Gasteiger charge is -2.06. The van der Waals surface area contributed by atoms with Crippen molar-refractivity contribution in [2.24, 2.45) is 0 Å². The Labute approximate surface area is 109 Å². The molecular weight excluding hydrogens is 246 g/mol. The Morgan fingerprint density at radius 2 is 2.26 bits per heavy atom. The maximum atomic E-state index is 11.9. The van der Waals surface area contributed by atoms with Crippen LogP contribution in [0, 0.1) is 29.4 Å². The number of carbonyl (C=O) groups is 1. The predicted molar refractivity (Wildman–Crippen MR) is 71.0 cm³/mol. The van der Waals surface area contributed by atoms with Gasteiger partial charge in [0.15, 0.2) is 0 Å². The molecule has 0 radical (unpaired) electrons. The minimum absolute atomic E-state index is 0.00585. The van der Waals surface area contributed by atoms with Crippen molar-refractivity contribution in [2.75, 3.05) is 6.54 Å². The Morgan fingerprint density at radius 1 is 1.53 bits per heavy atom. The summed E-state index contributed by atoms with van der Waals surface area (Å²) >= 11 is 0. The van der Waals surface area contributed by atoms with Crippen molar-refractivity contribution in [1.82, 2.24) is 9.88 Å². The number of nitrogens with zero attached hydrogens (tertiary/aromatic N) is 2. The van der Waals surface area contributed by atoms with Gasteiger partial charge in [-0.1, -0.05) is 5.92 Å². The molecule has 6 nitrogen and oxygen atoms in total. The standard InChI is InChI=1S/C13H11N3O3/c1-3-6-14-13(17)15-9(2)7-10-8-11(16(18)19)4-5-12(10)15/h1,4-5,7-8H,6H2,2H3,(H,14,17). The Morgan fingerprint density at radius 3 is 2.89 bits per heavy atom. The third-order valence-corrected chi connectivity index (χ3v) is 2.72. The number of carbonyl (C=O) groups excluding carboxylic acids is 1. The fourth-order valence-electron chi connectivity index (χ4n) is 1.93. The average molecular weight is 257 g/mol. The van der Waals surface area contributed by atoms with E-state index in [2.05, 4.69) is 11.2 Å². The van der Waals surface area contributed by atoms with Crippen LogP contribution in [0.2, 0.25) is 0 Å². The van der Waals surface area contributed by atoms with Crippen LogP contribution in [0.25, 0.3) is 10.9 Å². The number of hydrogen-bond donors (Lipinski definition) is 1. The van der Waals surface area contributed by atoms with Crippen LogP contribution >= 0.6 is 0 Å². The highest BCUT2D eigenvalue weighted by Crippen LogP contribution is 2.24. The molecule has 0 spiro atoms. The number of benzene rings is 1. The van der Waals surface area contributed by atoms with Crippen LogP contribution in [-0.4, -0.2) is 22.1 Å². The topological polar surface area (TPSA) is 77.2 Å². The highest BCUT2D eigenvalue weighted by atomic mass is 16.6. The van der Waals surface area contributed by atoms with E-state index in [4.69, 9.17) is 6.42 Å². The third-order valence-electron chi connectivity index (χ3n) is 2.72. The SMILES string of the molecule is C#CCNC(=O)n1c(C)cc2cc([N+](=O)[O-])ccc21. The van der Waals surface area contributed by atoms with E-state index in [-0.39, 0.29) is 18.3 Å². The number of rotatable bonds is 2. The molecule has 0 aliphatic rings. The van der Waals surface area contributed by atoms with Crippen LogP contribution in [0.3, 0.4) is 0 Å². The first-order chi connectivity index (χ1) is 9.04. The number of amides is 1. The third kappa shape index (κ3) is 2.26. The van der Waals surface area contributed by atoms with Gasteiger partial charge in [0.25, 0.3) is 5.69 Å². The summed E-state index contributed by atoms with van der Waals surface area (Å²) in [6.07, 6.45) is 5.09. The molecule has 0 saturated heterocycles. The normalized spacial score (nSPS) is 10.1. The fourth-order valence-corrected chi connectivity index (χ4v) is 1.93. The molecule has 1 amide bonds. The number of aryl methyl sites for hydroxylation is 1. The van der Waals surface area contributed by atoms with E-state index in [1.807, 2.05) is 0 Å². The second kappa shape index (κ2) is 4.82. The zero-order valence-electron chi connectivity index (χ0n) is 10.2. The van der Waals surface area contributed by atoms with Crippen molar-refractivity contribution in [3.63, 3.8) is 0 Å². The number of terminal acetylenes is 1. The minimum Gasteiger partial charge on any atom is -0.326 e. The van der Waals surface area contributed by atoms with Gasteiger partial charge >= 0.3 is 6.03 Å². The molecule has 19 heavy (non-hydrogen) atoms. The highest BCUT2D eigenvalue weighted by molar-refractivity contribution is 5.93. The van der Waals surface area contributed by atoms with Gasteiger partial charge in [0.05, 0.1) is 17.0 Å². The van der Waals surface area contributed by atoms with Gasteiger partial charge < -0.3 is 5.32 Å². The Bertz CT molecular complexity index is 710. The summed E-state index contributed by atoms with van der Waals surface area (Å²) < 4.78 is 1.44. The minimum atomic E-state index is -0.468. The lowest BCUT2D eigenvalue weighted by atomic mass is 10.2. The largest absolute Gasteiger partial charge is 0.327 e. The molecule has 96 valence electrons. The number of non-ortho nitro benzene ring substituents is 1. The number of aromatic nitrogens is 1. The van der Waals surface area contributed by atoms with E-state index >= 15 is 0 Å². The molecule has 1 heterocycles. The molecule has 0 aliphatic heterocycles. The monoisotopic (exact) mass is 257 g/mol. The Kier molecular flexibility index (Phi) is 3.21. The number of nitro groups is 1. The number of nitrogens with one attached hydrogen (secondary N) is 1. The van der Waals surface area contributed by atoms with Gasteiger partial charge in [-0.2, -0.15) is 0 Å². The summed E-state index contributed by atoms with van der Waals surface area (Å²) in [5, 5.41) is 13.9. The van der Waals surface area contributed by atoms with Gasteiger partial charge in [0, 0.05) is 23.2 Å². The van der Waals surface area contributed by atoms with Crippen molar-refractivity contribution < 1.29 is 9.72 Å². The maximum Gasteiger partial charge on any atom is 0.327 e. The van der Waals surface area contributed by atoms with Crippen molar-refractivity contribution in [1.29, 1.82) is 0 Å². The van der Waals surface area contributed by atoms with Crippen molar-refractivity contribution in [2.45, 2.75) is 6.92 Å². The number of fused-ring (bicyclic) bond motifs is 1. The molecule has 2 aromatic rings. The van der Waals surface area contributed by atoms with E-state index in [1.165, 1.54) is 16.7 Å². The number of nitro benzene ring substituents is 1. The van der Waals surface area contributed by atoms with Crippen LogP contribution in [0.15, 0.2) is 24.3 Å². The molecule has 1 N–H and O–H groups in total. The molecule has 6 heteroatoms. The van der Waals surface area contributed by atoms with Crippen molar-refractivity contribution in [3.05, 3.63) is 40.1 Å². The molecule has 0 unspecified atom stereocenters. The van der Waals surface area contributed by atoms with Crippen molar-refractivity contribution in [3.8, 4) is 12.3 Å². The Balaban J connectivity index is 2.51. The van der Waals surface area contributed by atoms with E-state index in [0.717, 1.165) is 0 Å². The van der Waals surface area contributed by atoms with E-state index in [0.29, 0.717) is 16.6 Å². The molecule has 0 bridgehead atoms. The van der Waals surface area contributed by atoms with Gasteiger partial charge in [-0.3, -0.25) is 14.7 Å². The lowest BCUT2D eigenvalue weighted by molar-refractivity contribution is -0.384. The summed E-state index contributed by atoms with van der Waals surface area (Å²) in [5.74, 6) is 2.32. The van der Waals surface area contributed by atoms with Crippen molar-refractivity contribution >= 4 is 22.6 Å². The van der Waals surface area contributed by atoms with E-state index in [1.54, 1.807) is 19.1 Å². The van der Waals surface area contributed by atoms with E-state index < -0.39 is 4.92 Å². The number of hydrogen-bond acceptors (Lipinski definition) is 3. The second-order valence-electron chi connectivity index (χ2n) is 3.98. The van der Waals surface area contributed by atoms with Crippen LogP contribution in [0.4, 0.5) is 10.5 Å². The molecule has 1 aromatic carbocycles. The maximum absolute atomic E-state index is 11.9. The molecule has 1 aromatic heterocycles. The zero-order valence-corrected chi connectivity index (χ0v) is 10.2. The van der Waals surface area contributed by atoms with E-state index in [9.17, 15) is 14.9 Å². The Hall–Kier alpha value is -2.81.